The van der Waals surface area contributed by atoms with Crippen LogP contribution in [0.5, 0.6) is 5.75 Å². The van der Waals surface area contributed by atoms with E-state index in [4.69, 9.17) is 11.6 Å². The summed E-state index contributed by atoms with van der Waals surface area (Å²) in [6.07, 6.45) is 0. The number of aromatic nitrogens is 3. The van der Waals surface area contributed by atoms with Gasteiger partial charge in [0, 0.05) is 5.39 Å². The van der Waals surface area contributed by atoms with Gasteiger partial charge in [-0.25, -0.2) is 9.78 Å². The Morgan fingerprint density at radius 1 is 0.974 bits per heavy atom. The number of nitrogens with one attached hydrogen (secondary N) is 1. The number of benzene rings is 3. The third kappa shape index (κ3) is 5.91. The van der Waals surface area contributed by atoms with Gasteiger partial charge in [0.05, 0.1) is 16.1 Å². The molecule has 4 aromatic rings. The topological polar surface area (TPSA) is 242 Å². The average Bonchev–Trinajstić information content (AvgIpc) is 2.81. The van der Waals surface area contributed by atoms with E-state index in [0.717, 1.165) is 18.2 Å². The Balaban J connectivity index is 2.05. The van der Waals surface area contributed by atoms with Crippen molar-refractivity contribution >= 4 is 71.6 Å². The van der Waals surface area contributed by atoms with Gasteiger partial charge in [0.25, 0.3) is 20.2 Å². The van der Waals surface area contributed by atoms with Gasteiger partial charge < -0.3 is 15.5 Å². The van der Waals surface area contributed by atoms with Crippen LogP contribution in [0.4, 0.5) is 23.0 Å². The van der Waals surface area contributed by atoms with E-state index in [-0.39, 0.29) is 44.8 Å². The lowest BCUT2D eigenvalue weighted by Gasteiger charge is -2.15. The number of aromatic hydroxyl groups is 1. The number of anilines is 2. The molecule has 15 nitrogen and oxygen atoms in total. The zero-order valence-electron chi connectivity index (χ0n) is 19.3. The van der Waals surface area contributed by atoms with Crippen LogP contribution in [0.25, 0.3) is 10.8 Å². The van der Waals surface area contributed by atoms with Gasteiger partial charge in [0.15, 0.2) is 5.75 Å². The summed E-state index contributed by atoms with van der Waals surface area (Å²) in [5.41, 5.74) is -1.57. The largest absolute Gasteiger partial charge is 0.505 e. The highest BCUT2D eigenvalue weighted by Crippen LogP contribution is 2.45. The summed E-state index contributed by atoms with van der Waals surface area (Å²) in [5.74, 6) is -2.33. The molecule has 5 N–H and O–H groups in total. The molecule has 0 aliphatic carbocycles. The van der Waals surface area contributed by atoms with E-state index >= 15 is 0 Å². The molecule has 0 spiro atoms. The molecular formula is C21H15ClN6O9S2. The first-order valence-corrected chi connectivity index (χ1v) is 13.6. The van der Waals surface area contributed by atoms with Crippen LogP contribution in [-0.4, -0.2) is 57.1 Å². The number of aryl methyl sites for hydroxylation is 1. The number of hydrogen-bond acceptors (Lipinski definition) is 12. The van der Waals surface area contributed by atoms with Crippen molar-refractivity contribution in [1.82, 2.24) is 15.0 Å². The maximum absolute atomic E-state index is 12.2. The molecule has 0 saturated heterocycles. The summed E-state index contributed by atoms with van der Waals surface area (Å²) in [6.45, 7) is 1.48. The lowest BCUT2D eigenvalue weighted by Crippen LogP contribution is -2.05. The van der Waals surface area contributed by atoms with E-state index < -0.39 is 47.4 Å². The Labute approximate surface area is 224 Å². The first-order valence-electron chi connectivity index (χ1n) is 10.3. The predicted molar refractivity (Wildman–Crippen MR) is 136 cm³/mol. The van der Waals surface area contributed by atoms with Gasteiger partial charge in [-0.05, 0) is 54.2 Å². The van der Waals surface area contributed by atoms with E-state index in [1.54, 1.807) is 0 Å². The number of halogens is 1. The Morgan fingerprint density at radius 3 is 2.28 bits per heavy atom. The normalized spacial score (nSPS) is 12.2. The maximum Gasteiger partial charge on any atom is 0.337 e. The van der Waals surface area contributed by atoms with E-state index in [0.29, 0.717) is 0 Å². The summed E-state index contributed by atoms with van der Waals surface area (Å²) in [7, 11) is -9.99. The molecule has 3 aromatic carbocycles. The van der Waals surface area contributed by atoms with Gasteiger partial charge in [-0.1, -0.05) is 12.1 Å². The second kappa shape index (κ2) is 10.1. The molecule has 202 valence electrons. The van der Waals surface area contributed by atoms with Gasteiger partial charge in [-0.2, -0.15) is 26.8 Å². The second-order valence-corrected chi connectivity index (χ2v) is 10.9. The summed E-state index contributed by atoms with van der Waals surface area (Å²) >= 11 is 5.85. The van der Waals surface area contributed by atoms with Gasteiger partial charge in [-0.15, -0.1) is 10.2 Å². The third-order valence-electron chi connectivity index (χ3n) is 5.06. The van der Waals surface area contributed by atoms with Crippen LogP contribution in [0.2, 0.25) is 5.28 Å². The zero-order chi connectivity index (χ0) is 28.7. The standard InChI is InChI=1S/C21H15ClN6O9S2/c1-9-23-20(22)26-21(24-9)25-14-8-11(38(32,33)34)6-10-7-15(39(35,36)37)17(18(29)16(10)14)28-27-13-5-3-2-4-12(13)19(30)31/h2-8,29H,1H3,(H,30,31)(H,32,33,34)(H,35,36,37)(H,23,24,25,26). The predicted octanol–water partition coefficient (Wildman–Crippen LogP) is 4.04. The maximum atomic E-state index is 12.2. The molecule has 0 aliphatic heterocycles. The zero-order valence-corrected chi connectivity index (χ0v) is 21.7. The fourth-order valence-electron chi connectivity index (χ4n) is 3.47. The molecule has 0 aliphatic rings. The van der Waals surface area contributed by atoms with E-state index in [2.05, 4.69) is 30.5 Å². The van der Waals surface area contributed by atoms with Crippen molar-refractivity contribution in [1.29, 1.82) is 0 Å². The number of phenols is 1. The van der Waals surface area contributed by atoms with Crippen molar-refractivity contribution in [2.24, 2.45) is 10.2 Å². The Hall–Kier alpha value is -4.29. The minimum absolute atomic E-state index is 0.164. The Morgan fingerprint density at radius 2 is 1.67 bits per heavy atom. The van der Waals surface area contributed by atoms with Crippen LogP contribution < -0.4 is 5.32 Å². The van der Waals surface area contributed by atoms with Crippen LogP contribution in [0.3, 0.4) is 0 Å². The molecule has 0 amide bonds. The second-order valence-electron chi connectivity index (χ2n) is 7.71. The number of azo groups is 1. The highest BCUT2D eigenvalue weighted by Gasteiger charge is 2.26. The van der Waals surface area contributed by atoms with Crippen LogP contribution >= 0.6 is 11.6 Å². The average molecular weight is 595 g/mol. The highest BCUT2D eigenvalue weighted by atomic mass is 35.5. The monoisotopic (exact) mass is 594 g/mol. The van der Waals surface area contributed by atoms with Gasteiger partial charge in [0.2, 0.25) is 11.2 Å². The molecule has 0 saturated carbocycles. The SMILES string of the molecule is Cc1nc(Cl)nc(Nc2cc(S(=O)(=O)O)cc3cc(S(=O)(=O)O)c(N=Nc4ccccc4C(=O)O)c(O)c23)n1. The fraction of sp³-hybridized carbons (Fsp3) is 0.0476. The van der Waals surface area contributed by atoms with Crippen molar-refractivity contribution in [2.45, 2.75) is 16.7 Å². The Bertz CT molecular complexity index is 1900. The van der Waals surface area contributed by atoms with E-state index in [1.807, 2.05) is 0 Å². The molecule has 18 heteroatoms. The van der Waals surface area contributed by atoms with Crippen molar-refractivity contribution in [3.63, 3.8) is 0 Å². The molecule has 4 rings (SSSR count). The number of carbonyl (C=O) groups is 1. The molecule has 1 heterocycles. The number of rotatable bonds is 7. The first kappa shape index (κ1) is 27.7. The molecule has 0 unspecified atom stereocenters. The van der Waals surface area contributed by atoms with Crippen LogP contribution in [-0.2, 0) is 20.2 Å². The van der Waals surface area contributed by atoms with Gasteiger partial charge in [-0.3, -0.25) is 9.11 Å². The van der Waals surface area contributed by atoms with Crippen molar-refractivity contribution in [2.75, 3.05) is 5.32 Å². The van der Waals surface area contributed by atoms with E-state index in [9.17, 15) is 40.9 Å². The number of carboxylic acids is 1. The summed E-state index contributed by atoms with van der Waals surface area (Å²) in [6, 6.07) is 7.81. The molecule has 0 atom stereocenters. The smallest absolute Gasteiger partial charge is 0.337 e. The van der Waals surface area contributed by atoms with Crippen LogP contribution in [0.1, 0.15) is 16.2 Å². The summed E-state index contributed by atoms with van der Waals surface area (Å²) in [4.78, 5) is 21.4. The Kier molecular flexibility index (Phi) is 7.19. The quantitative estimate of drug-likeness (QED) is 0.150. The number of fused-ring (bicyclic) bond motifs is 1. The number of phenolic OH excluding ortho intramolecular Hbond substituents is 1. The molecule has 1 aromatic heterocycles. The summed E-state index contributed by atoms with van der Waals surface area (Å²) in [5, 5.41) is 29.8. The van der Waals surface area contributed by atoms with Crippen LogP contribution in [0.15, 0.2) is 62.5 Å². The molecule has 0 fully saturated rings. The minimum atomic E-state index is -5.12. The van der Waals surface area contributed by atoms with Crippen molar-refractivity contribution in [3.05, 3.63) is 59.1 Å². The number of hydrogen-bond donors (Lipinski definition) is 5. The van der Waals surface area contributed by atoms with Gasteiger partial charge in [0.1, 0.15) is 22.1 Å². The lowest BCUT2D eigenvalue weighted by molar-refractivity contribution is 0.0697. The number of carboxylic acid groups (broad SMARTS) is 1. The van der Waals surface area contributed by atoms with Crippen molar-refractivity contribution < 1.29 is 40.9 Å². The van der Waals surface area contributed by atoms with E-state index in [1.165, 1.54) is 31.2 Å². The molecule has 0 bridgehead atoms. The summed E-state index contributed by atoms with van der Waals surface area (Å²) < 4.78 is 67.7. The highest BCUT2D eigenvalue weighted by molar-refractivity contribution is 7.86. The third-order valence-corrected chi connectivity index (χ3v) is 6.93. The number of aromatic carboxylic acids is 1. The molecular weight excluding hydrogens is 580 g/mol. The van der Waals surface area contributed by atoms with Crippen LogP contribution in [0, 0.1) is 6.92 Å². The molecule has 39 heavy (non-hydrogen) atoms. The number of nitrogens with zero attached hydrogens (tertiary/aromatic N) is 5. The fourth-order valence-corrected chi connectivity index (χ4v) is 4.87. The first-order chi connectivity index (χ1) is 18.1. The molecule has 0 radical (unpaired) electrons. The van der Waals surface area contributed by atoms with Gasteiger partial charge >= 0.3 is 5.97 Å². The van der Waals surface area contributed by atoms with Crippen molar-refractivity contribution in [3.8, 4) is 5.75 Å². The minimum Gasteiger partial charge on any atom is -0.505 e. The lowest BCUT2D eigenvalue weighted by atomic mass is 10.1.